The number of nitrogens with one attached hydrogen (secondary N) is 2. The molecule has 8 heteroatoms. The molecule has 26 heavy (non-hydrogen) atoms. The molecule has 1 fully saturated rings. The van der Waals surface area contributed by atoms with Gasteiger partial charge in [0.05, 0.1) is 17.4 Å². The van der Waals surface area contributed by atoms with E-state index in [1.165, 1.54) is 11.8 Å². The van der Waals surface area contributed by atoms with Crippen molar-refractivity contribution in [3.05, 3.63) is 30.1 Å². The van der Waals surface area contributed by atoms with Crippen molar-refractivity contribution >= 4 is 17.7 Å². The van der Waals surface area contributed by atoms with Gasteiger partial charge in [0.25, 0.3) is 5.89 Å². The van der Waals surface area contributed by atoms with E-state index < -0.39 is 0 Å². The van der Waals surface area contributed by atoms with Crippen LogP contribution in [0.3, 0.4) is 0 Å². The molecule has 1 aliphatic rings. The van der Waals surface area contributed by atoms with E-state index >= 15 is 0 Å². The number of likely N-dealkylation sites (N-methyl/N-ethyl adjacent to an activating group) is 1. The van der Waals surface area contributed by atoms with Gasteiger partial charge >= 0.3 is 0 Å². The topological polar surface area (TPSA) is 83.3 Å². The molecule has 0 radical (unpaired) electrons. The Balaban J connectivity index is 1.74. The summed E-state index contributed by atoms with van der Waals surface area (Å²) in [4.78, 5) is 19.7. The highest BCUT2D eigenvalue weighted by molar-refractivity contribution is 8.00. The monoisotopic (exact) mass is 375 g/mol. The summed E-state index contributed by atoms with van der Waals surface area (Å²) in [6.07, 6.45) is 0. The second-order valence-electron chi connectivity index (χ2n) is 6.67. The number of piperazine rings is 1. The minimum Gasteiger partial charge on any atom is -0.353 e. The molecular formula is C18H25N5O2S. The van der Waals surface area contributed by atoms with Gasteiger partial charge in [-0.15, -0.1) is 11.8 Å². The number of hydrogen-bond donors (Lipinski definition) is 2. The predicted molar refractivity (Wildman–Crippen MR) is 102 cm³/mol. The van der Waals surface area contributed by atoms with E-state index in [9.17, 15) is 4.79 Å². The van der Waals surface area contributed by atoms with Crippen molar-refractivity contribution in [2.45, 2.75) is 30.8 Å². The Kier molecular flexibility index (Phi) is 6.29. The fourth-order valence-electron chi connectivity index (χ4n) is 2.85. The lowest BCUT2D eigenvalue weighted by atomic mass is 10.2. The number of nitrogens with zero attached hydrogens (tertiary/aromatic N) is 3. The van der Waals surface area contributed by atoms with Crippen LogP contribution in [0.4, 0.5) is 0 Å². The second kappa shape index (κ2) is 8.66. The number of carbonyl (C=O) groups is 1. The molecule has 1 aromatic carbocycles. The number of rotatable bonds is 6. The number of hydrogen-bond acceptors (Lipinski definition) is 7. The molecule has 1 aromatic heterocycles. The first-order valence-corrected chi connectivity index (χ1v) is 9.79. The summed E-state index contributed by atoms with van der Waals surface area (Å²) in [7, 11) is 2.07. The lowest BCUT2D eigenvalue weighted by Gasteiger charge is -2.30. The molecule has 2 aromatic rings. The second-order valence-corrected chi connectivity index (χ2v) is 7.68. The van der Waals surface area contributed by atoms with Crippen LogP contribution in [0.5, 0.6) is 0 Å². The van der Waals surface area contributed by atoms with Crippen LogP contribution in [-0.4, -0.2) is 59.4 Å². The maximum absolute atomic E-state index is 11.9. The van der Waals surface area contributed by atoms with E-state index in [4.69, 9.17) is 4.52 Å². The van der Waals surface area contributed by atoms with Crippen LogP contribution >= 0.6 is 11.8 Å². The van der Waals surface area contributed by atoms with Crippen molar-refractivity contribution < 1.29 is 9.32 Å². The maximum Gasteiger partial charge on any atom is 0.259 e. The molecule has 1 aliphatic heterocycles. The summed E-state index contributed by atoms with van der Waals surface area (Å²) < 4.78 is 5.53. The molecule has 2 heterocycles. The number of benzene rings is 1. The van der Waals surface area contributed by atoms with Crippen molar-refractivity contribution in [3.63, 3.8) is 0 Å². The molecule has 1 unspecified atom stereocenters. The summed E-state index contributed by atoms with van der Waals surface area (Å²) in [6.45, 7) is 6.63. The van der Waals surface area contributed by atoms with Crippen molar-refractivity contribution in [2.24, 2.45) is 0 Å². The minimum atomic E-state index is 0.0147. The van der Waals surface area contributed by atoms with Gasteiger partial charge in [0.1, 0.15) is 0 Å². The highest BCUT2D eigenvalue weighted by Gasteiger charge is 2.26. The molecule has 0 bridgehead atoms. The number of amides is 1. The van der Waals surface area contributed by atoms with Crippen LogP contribution in [0.1, 0.15) is 25.7 Å². The largest absolute Gasteiger partial charge is 0.353 e. The number of aromatic nitrogens is 2. The summed E-state index contributed by atoms with van der Waals surface area (Å²) in [5, 5.41) is 10.4. The third kappa shape index (κ3) is 4.63. The van der Waals surface area contributed by atoms with Gasteiger partial charge in [-0.05, 0) is 33.0 Å². The fraction of sp³-hybridized carbons (Fsp3) is 0.500. The van der Waals surface area contributed by atoms with Gasteiger partial charge in [-0.1, -0.05) is 17.3 Å². The standard InChI is InChI=1S/C18H25N5O2S/c1-12(2)20-16(24)11-26-15-7-5-4-6-13(15)18-21-17(22-25-18)14-10-19-8-9-23(14)3/h4-7,12,14,19H,8-11H2,1-3H3,(H,20,24). The zero-order valence-electron chi connectivity index (χ0n) is 15.4. The van der Waals surface area contributed by atoms with Gasteiger partial charge in [0, 0.05) is 30.6 Å². The van der Waals surface area contributed by atoms with Crippen molar-refractivity contribution in [3.8, 4) is 11.5 Å². The van der Waals surface area contributed by atoms with Crippen molar-refractivity contribution in [1.29, 1.82) is 0 Å². The molecule has 1 amide bonds. The molecule has 2 N–H and O–H groups in total. The zero-order chi connectivity index (χ0) is 18.5. The smallest absolute Gasteiger partial charge is 0.259 e. The Morgan fingerprint density at radius 3 is 3.04 bits per heavy atom. The van der Waals surface area contributed by atoms with Crippen molar-refractivity contribution in [1.82, 2.24) is 25.7 Å². The molecule has 1 saturated heterocycles. The van der Waals surface area contributed by atoms with E-state index in [1.54, 1.807) is 0 Å². The van der Waals surface area contributed by atoms with Crippen molar-refractivity contribution in [2.75, 3.05) is 32.4 Å². The summed E-state index contributed by atoms with van der Waals surface area (Å²) >= 11 is 1.47. The van der Waals surface area contributed by atoms with Gasteiger partial charge in [-0.25, -0.2) is 0 Å². The molecule has 140 valence electrons. The predicted octanol–water partition coefficient (Wildman–Crippen LogP) is 1.93. The molecule has 1 atom stereocenters. The zero-order valence-corrected chi connectivity index (χ0v) is 16.2. The number of thioether (sulfide) groups is 1. The fourth-order valence-corrected chi connectivity index (χ4v) is 3.71. The third-order valence-corrected chi connectivity index (χ3v) is 5.25. The highest BCUT2D eigenvalue weighted by Crippen LogP contribution is 2.31. The van der Waals surface area contributed by atoms with E-state index in [-0.39, 0.29) is 18.0 Å². The molecule has 0 spiro atoms. The van der Waals surface area contributed by atoms with Gasteiger partial charge in [-0.3, -0.25) is 9.69 Å². The third-order valence-electron chi connectivity index (χ3n) is 4.18. The Bertz CT molecular complexity index is 749. The molecule has 7 nitrogen and oxygen atoms in total. The van der Waals surface area contributed by atoms with Crippen LogP contribution in [0.15, 0.2) is 33.7 Å². The van der Waals surface area contributed by atoms with Crippen LogP contribution < -0.4 is 10.6 Å². The van der Waals surface area contributed by atoms with Gasteiger partial charge in [0.2, 0.25) is 5.91 Å². The minimum absolute atomic E-state index is 0.0147. The average molecular weight is 375 g/mol. The lowest BCUT2D eigenvalue weighted by Crippen LogP contribution is -2.44. The first kappa shape index (κ1) is 18.9. The van der Waals surface area contributed by atoms with E-state index in [0.29, 0.717) is 17.5 Å². The first-order valence-electron chi connectivity index (χ1n) is 8.80. The summed E-state index contributed by atoms with van der Waals surface area (Å²) in [5.41, 5.74) is 0.861. The van der Waals surface area contributed by atoms with Crippen LogP contribution in [0, 0.1) is 0 Å². The van der Waals surface area contributed by atoms with Gasteiger partial charge in [-0.2, -0.15) is 4.98 Å². The summed E-state index contributed by atoms with van der Waals surface area (Å²) in [6, 6.07) is 8.05. The average Bonchev–Trinajstić information content (AvgIpc) is 3.10. The molecule has 0 aliphatic carbocycles. The number of carbonyl (C=O) groups excluding carboxylic acids is 1. The Labute approximate surface area is 157 Å². The van der Waals surface area contributed by atoms with Crippen LogP contribution in [0.25, 0.3) is 11.5 Å². The Morgan fingerprint density at radius 1 is 1.46 bits per heavy atom. The van der Waals surface area contributed by atoms with Crippen LogP contribution in [0.2, 0.25) is 0 Å². The van der Waals surface area contributed by atoms with E-state index in [1.807, 2.05) is 38.1 Å². The van der Waals surface area contributed by atoms with Crippen LogP contribution in [-0.2, 0) is 4.79 Å². The van der Waals surface area contributed by atoms with Gasteiger partial charge in [0.15, 0.2) is 5.82 Å². The van der Waals surface area contributed by atoms with E-state index in [2.05, 4.69) is 32.7 Å². The Hall–Kier alpha value is -1.90. The Morgan fingerprint density at radius 2 is 2.27 bits per heavy atom. The normalized spacial score (nSPS) is 18.2. The lowest BCUT2D eigenvalue weighted by molar-refractivity contribution is -0.119. The van der Waals surface area contributed by atoms with E-state index in [0.717, 1.165) is 30.1 Å². The van der Waals surface area contributed by atoms with Gasteiger partial charge < -0.3 is 15.2 Å². The molecular weight excluding hydrogens is 350 g/mol. The summed E-state index contributed by atoms with van der Waals surface area (Å²) in [5.74, 6) is 1.55. The highest BCUT2D eigenvalue weighted by atomic mass is 32.2. The SMILES string of the molecule is CC(C)NC(=O)CSc1ccccc1-c1nc(C2CNCCN2C)no1. The molecule has 0 saturated carbocycles. The quantitative estimate of drug-likeness (QED) is 0.747. The maximum atomic E-state index is 11.9. The first-order chi connectivity index (χ1) is 12.5. The molecule has 3 rings (SSSR count).